The van der Waals surface area contributed by atoms with Gasteiger partial charge in [0.15, 0.2) is 5.96 Å². The van der Waals surface area contributed by atoms with Gasteiger partial charge in [0.25, 0.3) is 0 Å². The summed E-state index contributed by atoms with van der Waals surface area (Å²) >= 11 is 6.02. The van der Waals surface area contributed by atoms with Crippen LogP contribution in [0.4, 0.5) is 0 Å². The summed E-state index contributed by atoms with van der Waals surface area (Å²) in [6.45, 7) is 5.29. The third-order valence-electron chi connectivity index (χ3n) is 4.96. The van der Waals surface area contributed by atoms with Gasteiger partial charge in [-0.15, -0.1) is 0 Å². The number of carbonyl (C=O) groups is 1. The van der Waals surface area contributed by atoms with Gasteiger partial charge in [0.1, 0.15) is 6.54 Å². The molecular formula is C21H28ClN5O3. The highest BCUT2D eigenvalue weighted by molar-refractivity contribution is 6.30. The Balaban J connectivity index is 1.56. The second-order valence-electron chi connectivity index (χ2n) is 7.16. The molecule has 1 aliphatic carbocycles. The van der Waals surface area contributed by atoms with Crippen molar-refractivity contribution in [1.82, 2.24) is 20.8 Å². The Bertz CT molecular complexity index is 862. The van der Waals surface area contributed by atoms with Crippen molar-refractivity contribution in [1.29, 1.82) is 0 Å². The molecule has 0 amide bonds. The van der Waals surface area contributed by atoms with Crippen LogP contribution < -0.4 is 10.6 Å². The Morgan fingerprint density at radius 2 is 2.10 bits per heavy atom. The van der Waals surface area contributed by atoms with Gasteiger partial charge in [-0.3, -0.25) is 4.79 Å². The SMILES string of the molecule is CCNC(=NCc1nc(-c2cccc(Cl)c2)no1)NC1CCC(C(=O)OCC)CC1. The molecule has 0 unspecified atom stereocenters. The van der Waals surface area contributed by atoms with E-state index in [9.17, 15) is 4.79 Å². The number of hydrogen-bond donors (Lipinski definition) is 2. The predicted molar refractivity (Wildman–Crippen MR) is 115 cm³/mol. The van der Waals surface area contributed by atoms with E-state index in [0.29, 0.717) is 29.3 Å². The maximum absolute atomic E-state index is 11.9. The number of nitrogens with zero attached hydrogens (tertiary/aromatic N) is 3. The number of guanidine groups is 1. The minimum atomic E-state index is -0.0802. The maximum atomic E-state index is 11.9. The number of esters is 1. The molecule has 1 aromatic heterocycles. The Labute approximate surface area is 181 Å². The molecule has 0 saturated heterocycles. The number of halogens is 1. The molecule has 1 heterocycles. The highest BCUT2D eigenvalue weighted by atomic mass is 35.5. The van der Waals surface area contributed by atoms with Crippen molar-refractivity contribution in [2.24, 2.45) is 10.9 Å². The lowest BCUT2D eigenvalue weighted by molar-refractivity contribution is -0.149. The van der Waals surface area contributed by atoms with Crippen LogP contribution in [0, 0.1) is 5.92 Å². The topological polar surface area (TPSA) is 102 Å². The molecule has 1 aliphatic rings. The van der Waals surface area contributed by atoms with Gasteiger partial charge in [-0.2, -0.15) is 4.98 Å². The fraction of sp³-hybridized carbons (Fsp3) is 0.524. The fourth-order valence-electron chi connectivity index (χ4n) is 3.46. The predicted octanol–water partition coefficient (Wildman–Crippen LogP) is 3.57. The van der Waals surface area contributed by atoms with Gasteiger partial charge in [-0.05, 0) is 51.7 Å². The number of aromatic nitrogens is 2. The summed E-state index contributed by atoms with van der Waals surface area (Å²) in [5, 5.41) is 11.3. The van der Waals surface area contributed by atoms with Crippen LogP contribution in [0.5, 0.6) is 0 Å². The van der Waals surface area contributed by atoms with Crippen LogP contribution in [0.15, 0.2) is 33.8 Å². The van der Waals surface area contributed by atoms with Gasteiger partial charge in [0.2, 0.25) is 11.7 Å². The number of aliphatic imine (C=N–C) groups is 1. The molecule has 3 rings (SSSR count). The lowest BCUT2D eigenvalue weighted by Gasteiger charge is -2.29. The molecule has 30 heavy (non-hydrogen) atoms. The average molecular weight is 434 g/mol. The number of carbonyl (C=O) groups excluding carboxylic acids is 1. The standard InChI is InChI=1S/C21H28ClN5O3/c1-3-23-21(25-17-10-8-14(9-11-17)20(28)29-4-2)24-13-18-26-19(27-30-18)15-6-5-7-16(22)12-15/h5-7,12,14,17H,3-4,8-11,13H2,1-2H3,(H2,23,24,25). The monoisotopic (exact) mass is 433 g/mol. The maximum Gasteiger partial charge on any atom is 0.308 e. The summed E-state index contributed by atoms with van der Waals surface area (Å²) in [5.41, 5.74) is 0.796. The summed E-state index contributed by atoms with van der Waals surface area (Å²) in [7, 11) is 0. The number of benzene rings is 1. The van der Waals surface area contributed by atoms with E-state index in [2.05, 4.69) is 25.8 Å². The van der Waals surface area contributed by atoms with Crippen molar-refractivity contribution in [2.75, 3.05) is 13.2 Å². The molecule has 2 N–H and O–H groups in total. The Morgan fingerprint density at radius 3 is 2.80 bits per heavy atom. The average Bonchev–Trinajstić information content (AvgIpc) is 3.22. The molecule has 0 aliphatic heterocycles. The molecular weight excluding hydrogens is 406 g/mol. The molecule has 2 aromatic rings. The lowest BCUT2D eigenvalue weighted by Crippen LogP contribution is -2.45. The number of ether oxygens (including phenoxy) is 1. The Kier molecular flexibility index (Phi) is 8.07. The molecule has 162 valence electrons. The first-order valence-electron chi connectivity index (χ1n) is 10.4. The van der Waals surface area contributed by atoms with Gasteiger partial charge in [0, 0.05) is 23.2 Å². The molecule has 0 radical (unpaired) electrons. The molecule has 0 spiro atoms. The lowest BCUT2D eigenvalue weighted by atomic mass is 9.86. The summed E-state index contributed by atoms with van der Waals surface area (Å²) < 4.78 is 10.5. The second kappa shape index (κ2) is 11.0. The Hall–Kier alpha value is -2.61. The molecule has 8 nitrogen and oxygen atoms in total. The van der Waals surface area contributed by atoms with Crippen molar-refractivity contribution < 1.29 is 14.1 Å². The zero-order chi connectivity index (χ0) is 21.3. The van der Waals surface area contributed by atoms with Crippen LogP contribution in [0.2, 0.25) is 5.02 Å². The molecule has 1 saturated carbocycles. The van der Waals surface area contributed by atoms with E-state index in [1.807, 2.05) is 26.0 Å². The first-order valence-corrected chi connectivity index (χ1v) is 10.8. The van der Waals surface area contributed by atoms with Crippen LogP contribution >= 0.6 is 11.6 Å². The van der Waals surface area contributed by atoms with Crippen molar-refractivity contribution in [3.8, 4) is 11.4 Å². The first-order chi connectivity index (χ1) is 14.6. The van der Waals surface area contributed by atoms with Crippen LogP contribution in [-0.4, -0.2) is 41.3 Å². The number of hydrogen-bond acceptors (Lipinski definition) is 6. The highest BCUT2D eigenvalue weighted by Gasteiger charge is 2.27. The van der Waals surface area contributed by atoms with Crippen molar-refractivity contribution in [2.45, 2.75) is 52.1 Å². The van der Waals surface area contributed by atoms with E-state index >= 15 is 0 Å². The van der Waals surface area contributed by atoms with E-state index in [1.165, 1.54) is 0 Å². The van der Waals surface area contributed by atoms with E-state index in [0.717, 1.165) is 37.8 Å². The molecule has 9 heteroatoms. The minimum absolute atomic E-state index is 0.00540. The van der Waals surface area contributed by atoms with Gasteiger partial charge in [-0.1, -0.05) is 28.9 Å². The fourth-order valence-corrected chi connectivity index (χ4v) is 3.65. The van der Waals surface area contributed by atoms with E-state index in [-0.39, 0.29) is 24.5 Å². The second-order valence-corrected chi connectivity index (χ2v) is 7.60. The molecule has 1 aromatic carbocycles. The van der Waals surface area contributed by atoms with Gasteiger partial charge < -0.3 is 19.9 Å². The van der Waals surface area contributed by atoms with E-state index < -0.39 is 0 Å². The van der Waals surface area contributed by atoms with Gasteiger partial charge >= 0.3 is 5.97 Å². The van der Waals surface area contributed by atoms with Crippen molar-refractivity contribution in [3.63, 3.8) is 0 Å². The zero-order valence-corrected chi connectivity index (χ0v) is 18.1. The third kappa shape index (κ3) is 6.19. The van der Waals surface area contributed by atoms with E-state index in [4.69, 9.17) is 20.9 Å². The molecule has 0 atom stereocenters. The van der Waals surface area contributed by atoms with E-state index in [1.54, 1.807) is 12.1 Å². The quantitative estimate of drug-likeness (QED) is 0.391. The van der Waals surface area contributed by atoms with Crippen LogP contribution in [-0.2, 0) is 16.1 Å². The first kappa shape index (κ1) is 22.1. The minimum Gasteiger partial charge on any atom is -0.466 e. The normalized spacial score (nSPS) is 19.4. The zero-order valence-electron chi connectivity index (χ0n) is 17.4. The Morgan fingerprint density at radius 1 is 1.30 bits per heavy atom. The highest BCUT2D eigenvalue weighted by Crippen LogP contribution is 2.25. The third-order valence-corrected chi connectivity index (χ3v) is 5.19. The summed E-state index contributed by atoms with van der Waals surface area (Å²) in [4.78, 5) is 20.9. The van der Waals surface area contributed by atoms with Crippen LogP contribution in [0.1, 0.15) is 45.4 Å². The summed E-state index contributed by atoms with van der Waals surface area (Å²) in [6.07, 6.45) is 3.44. The smallest absolute Gasteiger partial charge is 0.308 e. The number of nitrogens with one attached hydrogen (secondary N) is 2. The van der Waals surface area contributed by atoms with Gasteiger partial charge in [0.05, 0.1) is 12.5 Å². The van der Waals surface area contributed by atoms with Gasteiger partial charge in [-0.25, -0.2) is 4.99 Å². The van der Waals surface area contributed by atoms with Crippen LogP contribution in [0.3, 0.4) is 0 Å². The molecule has 1 fully saturated rings. The summed E-state index contributed by atoms with van der Waals surface area (Å²) in [5.74, 6) is 1.53. The van der Waals surface area contributed by atoms with Crippen molar-refractivity contribution in [3.05, 3.63) is 35.2 Å². The largest absolute Gasteiger partial charge is 0.466 e. The van der Waals surface area contributed by atoms with Crippen LogP contribution in [0.25, 0.3) is 11.4 Å². The molecule has 0 bridgehead atoms. The number of rotatable bonds is 7. The summed E-state index contributed by atoms with van der Waals surface area (Å²) in [6, 6.07) is 7.57. The van der Waals surface area contributed by atoms with Crippen molar-refractivity contribution >= 4 is 23.5 Å².